The number of hydrogen-bond donors (Lipinski definition) is 2. The summed E-state index contributed by atoms with van der Waals surface area (Å²) in [6, 6.07) is 7.27. The molecule has 2 aromatic rings. The second kappa shape index (κ2) is 7.69. The normalized spacial score (nSPS) is 11.0. The number of rotatable bonds is 8. The van der Waals surface area contributed by atoms with Crippen LogP contribution in [0, 0.1) is 0 Å². The van der Waals surface area contributed by atoms with Crippen LogP contribution in [0.4, 0.5) is 5.69 Å². The largest absolute Gasteiger partial charge is 0.508 e. The smallest absolute Gasteiger partial charge is 0.115 e. The highest BCUT2D eigenvalue weighted by atomic mass is 16.3. The summed E-state index contributed by atoms with van der Waals surface area (Å²) in [5.74, 6) is 0.296. The van der Waals surface area contributed by atoms with E-state index in [-0.39, 0.29) is 0 Å². The SMILES string of the molecule is CCN(CC)CCn1cc(NCc2cccc(O)c2)cn1. The third kappa shape index (κ3) is 4.79. The summed E-state index contributed by atoms with van der Waals surface area (Å²) < 4.78 is 1.96. The Hall–Kier alpha value is -2.01. The fraction of sp³-hybridized carbons (Fsp3) is 0.438. The van der Waals surface area contributed by atoms with Crippen molar-refractivity contribution in [2.75, 3.05) is 25.0 Å². The van der Waals surface area contributed by atoms with Crippen LogP contribution in [0.2, 0.25) is 0 Å². The Labute approximate surface area is 126 Å². The van der Waals surface area contributed by atoms with Crippen molar-refractivity contribution in [2.45, 2.75) is 26.9 Å². The first-order valence-corrected chi connectivity index (χ1v) is 7.47. The molecule has 0 unspecified atom stereocenters. The van der Waals surface area contributed by atoms with E-state index in [9.17, 15) is 5.11 Å². The summed E-state index contributed by atoms with van der Waals surface area (Å²) in [4.78, 5) is 2.38. The predicted octanol–water partition coefficient (Wildman–Crippen LogP) is 2.54. The molecule has 0 fully saturated rings. The Morgan fingerprint density at radius 1 is 1.29 bits per heavy atom. The molecule has 5 heteroatoms. The molecule has 114 valence electrons. The molecule has 0 bridgehead atoms. The van der Waals surface area contributed by atoms with E-state index >= 15 is 0 Å². The highest BCUT2D eigenvalue weighted by Gasteiger charge is 2.02. The first kappa shape index (κ1) is 15.4. The topological polar surface area (TPSA) is 53.3 Å². The molecule has 0 atom stereocenters. The minimum Gasteiger partial charge on any atom is -0.508 e. The van der Waals surface area contributed by atoms with E-state index in [1.165, 1.54) is 0 Å². The maximum Gasteiger partial charge on any atom is 0.115 e. The van der Waals surface area contributed by atoms with Crippen LogP contribution in [0.15, 0.2) is 36.7 Å². The quantitative estimate of drug-likeness (QED) is 0.784. The Morgan fingerprint density at radius 3 is 2.81 bits per heavy atom. The number of aromatic hydroxyl groups is 1. The fourth-order valence-corrected chi connectivity index (χ4v) is 2.23. The molecular formula is C16H24N4O. The van der Waals surface area contributed by atoms with Crippen molar-refractivity contribution >= 4 is 5.69 Å². The summed E-state index contributed by atoms with van der Waals surface area (Å²) in [6.07, 6.45) is 3.86. The number of nitrogens with one attached hydrogen (secondary N) is 1. The van der Waals surface area contributed by atoms with Gasteiger partial charge in [-0.05, 0) is 30.8 Å². The monoisotopic (exact) mass is 288 g/mol. The van der Waals surface area contributed by atoms with E-state index in [2.05, 4.69) is 29.2 Å². The van der Waals surface area contributed by atoms with Crippen LogP contribution in [0.1, 0.15) is 19.4 Å². The lowest BCUT2D eigenvalue weighted by atomic mass is 10.2. The average molecular weight is 288 g/mol. The van der Waals surface area contributed by atoms with Crippen LogP contribution in [0.3, 0.4) is 0 Å². The van der Waals surface area contributed by atoms with Crippen molar-refractivity contribution in [3.8, 4) is 5.75 Å². The molecule has 0 aliphatic heterocycles. The minimum atomic E-state index is 0.296. The lowest BCUT2D eigenvalue weighted by Gasteiger charge is -2.17. The lowest BCUT2D eigenvalue weighted by Crippen LogP contribution is -2.27. The minimum absolute atomic E-state index is 0.296. The molecule has 0 saturated carbocycles. The number of phenols is 1. The lowest BCUT2D eigenvalue weighted by molar-refractivity contribution is 0.285. The molecule has 0 radical (unpaired) electrons. The number of aromatic nitrogens is 2. The first-order chi connectivity index (χ1) is 10.2. The Kier molecular flexibility index (Phi) is 5.63. The van der Waals surface area contributed by atoms with Crippen LogP contribution in [-0.4, -0.2) is 39.4 Å². The molecule has 0 spiro atoms. The third-order valence-corrected chi connectivity index (χ3v) is 3.58. The van der Waals surface area contributed by atoms with Crippen LogP contribution >= 0.6 is 0 Å². The van der Waals surface area contributed by atoms with Gasteiger partial charge in [0, 0.05) is 19.3 Å². The fourth-order valence-electron chi connectivity index (χ4n) is 2.23. The van der Waals surface area contributed by atoms with Crippen molar-refractivity contribution in [2.24, 2.45) is 0 Å². The van der Waals surface area contributed by atoms with Gasteiger partial charge in [-0.15, -0.1) is 0 Å². The van der Waals surface area contributed by atoms with Crippen LogP contribution < -0.4 is 5.32 Å². The molecule has 21 heavy (non-hydrogen) atoms. The van der Waals surface area contributed by atoms with Gasteiger partial charge in [-0.1, -0.05) is 26.0 Å². The van der Waals surface area contributed by atoms with E-state index in [0.29, 0.717) is 12.3 Å². The van der Waals surface area contributed by atoms with Crippen molar-refractivity contribution in [1.29, 1.82) is 0 Å². The standard InChI is InChI=1S/C16H24N4O/c1-3-19(4-2)8-9-20-13-15(12-18-20)17-11-14-6-5-7-16(21)10-14/h5-7,10,12-13,17,21H,3-4,8-9,11H2,1-2H3. The molecule has 5 nitrogen and oxygen atoms in total. The molecular weight excluding hydrogens is 264 g/mol. The summed E-state index contributed by atoms with van der Waals surface area (Å²) in [7, 11) is 0. The van der Waals surface area contributed by atoms with E-state index in [4.69, 9.17) is 0 Å². The highest BCUT2D eigenvalue weighted by molar-refractivity contribution is 5.40. The molecule has 0 amide bonds. The average Bonchev–Trinajstić information content (AvgIpc) is 2.94. The van der Waals surface area contributed by atoms with Crippen LogP contribution in [0.25, 0.3) is 0 Å². The van der Waals surface area contributed by atoms with E-state index in [1.54, 1.807) is 12.1 Å². The van der Waals surface area contributed by atoms with Gasteiger partial charge in [0.05, 0.1) is 18.4 Å². The molecule has 0 saturated heterocycles. The summed E-state index contributed by atoms with van der Waals surface area (Å²) >= 11 is 0. The highest BCUT2D eigenvalue weighted by Crippen LogP contribution is 2.13. The van der Waals surface area contributed by atoms with Gasteiger partial charge < -0.3 is 15.3 Å². The van der Waals surface area contributed by atoms with Crippen LogP contribution in [-0.2, 0) is 13.1 Å². The number of benzene rings is 1. The second-order valence-corrected chi connectivity index (χ2v) is 5.04. The molecule has 2 N–H and O–H groups in total. The summed E-state index contributed by atoms with van der Waals surface area (Å²) in [5, 5.41) is 17.1. The third-order valence-electron chi connectivity index (χ3n) is 3.58. The van der Waals surface area contributed by atoms with Gasteiger partial charge in [0.25, 0.3) is 0 Å². The second-order valence-electron chi connectivity index (χ2n) is 5.04. The number of phenolic OH excluding ortho intramolecular Hbond substituents is 1. The van der Waals surface area contributed by atoms with Gasteiger partial charge in [-0.3, -0.25) is 4.68 Å². The molecule has 1 aromatic carbocycles. The van der Waals surface area contributed by atoms with Crippen molar-refractivity contribution in [1.82, 2.24) is 14.7 Å². The molecule has 0 aliphatic rings. The maximum absolute atomic E-state index is 9.43. The zero-order chi connectivity index (χ0) is 15.1. The van der Waals surface area contributed by atoms with Crippen molar-refractivity contribution < 1.29 is 5.11 Å². The van der Waals surface area contributed by atoms with E-state index in [0.717, 1.165) is 37.4 Å². The first-order valence-electron chi connectivity index (χ1n) is 7.47. The van der Waals surface area contributed by atoms with Gasteiger partial charge in [-0.2, -0.15) is 5.10 Å². The number of anilines is 1. The predicted molar refractivity (Wildman–Crippen MR) is 85.4 cm³/mol. The number of hydrogen-bond acceptors (Lipinski definition) is 4. The summed E-state index contributed by atoms with van der Waals surface area (Å²) in [6.45, 7) is 9.08. The molecule has 0 aliphatic carbocycles. The van der Waals surface area contributed by atoms with Crippen molar-refractivity contribution in [3.63, 3.8) is 0 Å². The maximum atomic E-state index is 9.43. The Bertz CT molecular complexity index is 549. The van der Waals surface area contributed by atoms with Gasteiger partial charge in [0.2, 0.25) is 0 Å². The van der Waals surface area contributed by atoms with Crippen LogP contribution in [0.5, 0.6) is 5.75 Å². The van der Waals surface area contributed by atoms with Gasteiger partial charge >= 0.3 is 0 Å². The Balaban J connectivity index is 1.83. The molecule has 2 rings (SSSR count). The number of nitrogens with zero attached hydrogens (tertiary/aromatic N) is 3. The summed E-state index contributed by atoms with van der Waals surface area (Å²) in [5.41, 5.74) is 2.05. The Morgan fingerprint density at radius 2 is 2.10 bits per heavy atom. The van der Waals surface area contributed by atoms with Gasteiger partial charge in [0.15, 0.2) is 0 Å². The molecule has 1 aromatic heterocycles. The number of likely N-dealkylation sites (N-methyl/N-ethyl adjacent to an activating group) is 1. The van der Waals surface area contributed by atoms with Gasteiger partial charge in [0.1, 0.15) is 5.75 Å². The zero-order valence-corrected chi connectivity index (χ0v) is 12.8. The van der Waals surface area contributed by atoms with Gasteiger partial charge in [-0.25, -0.2) is 0 Å². The van der Waals surface area contributed by atoms with Crippen molar-refractivity contribution in [3.05, 3.63) is 42.2 Å². The van der Waals surface area contributed by atoms with E-state index < -0.39 is 0 Å². The zero-order valence-electron chi connectivity index (χ0n) is 12.8. The molecule has 1 heterocycles. The van der Waals surface area contributed by atoms with E-state index in [1.807, 2.05) is 29.2 Å².